The Bertz CT molecular complexity index is 357. The summed E-state index contributed by atoms with van der Waals surface area (Å²) in [4.78, 5) is 0. The largest absolute Gasteiger partial charge is 0.492 e. The van der Waals surface area contributed by atoms with E-state index in [1.807, 2.05) is 25.1 Å². The van der Waals surface area contributed by atoms with E-state index in [1.54, 1.807) is 0 Å². The first-order valence-electron chi connectivity index (χ1n) is 5.00. The predicted octanol–water partition coefficient (Wildman–Crippen LogP) is 3.83. The Morgan fingerprint density at radius 2 is 2.20 bits per heavy atom. The lowest BCUT2D eigenvalue weighted by Crippen LogP contribution is -1.97. The van der Waals surface area contributed by atoms with Crippen LogP contribution in [0.25, 0.3) is 0 Å². The van der Waals surface area contributed by atoms with Crippen LogP contribution in [0.2, 0.25) is 0 Å². The molecule has 15 heavy (non-hydrogen) atoms. The number of aryl methyl sites for hydroxylation is 1. The van der Waals surface area contributed by atoms with Crippen molar-refractivity contribution in [3.8, 4) is 11.8 Å². The number of halogens is 1. The second-order valence-corrected chi connectivity index (χ2v) is 4.25. The summed E-state index contributed by atoms with van der Waals surface area (Å²) >= 11 is 3.45. The maximum atomic E-state index is 8.36. The highest BCUT2D eigenvalue weighted by atomic mass is 79.9. The Kier molecular flexibility index (Phi) is 5.20. The molecule has 2 nitrogen and oxygen atoms in total. The van der Waals surface area contributed by atoms with Gasteiger partial charge in [0.1, 0.15) is 5.75 Å². The molecule has 0 bridgehead atoms. The van der Waals surface area contributed by atoms with Gasteiger partial charge in [0.25, 0.3) is 0 Å². The van der Waals surface area contributed by atoms with Crippen molar-refractivity contribution in [2.24, 2.45) is 0 Å². The number of rotatable bonds is 5. The molecule has 0 radical (unpaired) electrons. The molecule has 1 aromatic carbocycles. The van der Waals surface area contributed by atoms with Crippen molar-refractivity contribution in [3.05, 3.63) is 28.2 Å². The van der Waals surface area contributed by atoms with Crippen LogP contribution in [-0.4, -0.2) is 6.61 Å². The lowest BCUT2D eigenvalue weighted by Gasteiger charge is -2.07. The molecule has 0 amide bonds. The van der Waals surface area contributed by atoms with Crippen molar-refractivity contribution in [1.82, 2.24) is 0 Å². The van der Waals surface area contributed by atoms with Gasteiger partial charge in [-0.25, -0.2) is 0 Å². The van der Waals surface area contributed by atoms with Crippen molar-refractivity contribution in [2.75, 3.05) is 6.61 Å². The monoisotopic (exact) mass is 267 g/mol. The van der Waals surface area contributed by atoms with E-state index in [9.17, 15) is 0 Å². The fourth-order valence-electron chi connectivity index (χ4n) is 1.21. The molecular formula is C12H14BrNO. The van der Waals surface area contributed by atoms with Gasteiger partial charge in [-0.05, 0) is 53.4 Å². The summed E-state index contributed by atoms with van der Waals surface area (Å²) in [5, 5.41) is 8.36. The van der Waals surface area contributed by atoms with Crippen LogP contribution in [0, 0.1) is 18.3 Å². The maximum absolute atomic E-state index is 8.36. The number of nitriles is 1. The molecule has 3 heteroatoms. The second kappa shape index (κ2) is 6.47. The van der Waals surface area contributed by atoms with E-state index in [1.165, 1.54) is 5.56 Å². The molecule has 0 aliphatic carbocycles. The average molecular weight is 268 g/mol. The predicted molar refractivity (Wildman–Crippen MR) is 63.8 cm³/mol. The van der Waals surface area contributed by atoms with Crippen molar-refractivity contribution in [3.63, 3.8) is 0 Å². The molecule has 0 N–H and O–H groups in total. The molecule has 0 aliphatic heterocycles. The molecule has 0 saturated carbocycles. The third-order valence-electron chi connectivity index (χ3n) is 2.03. The van der Waals surface area contributed by atoms with Crippen LogP contribution in [0.4, 0.5) is 0 Å². The Morgan fingerprint density at radius 1 is 1.40 bits per heavy atom. The molecule has 0 unspecified atom stereocenters. The lowest BCUT2D eigenvalue weighted by atomic mass is 10.2. The fourth-order valence-corrected chi connectivity index (χ4v) is 1.82. The van der Waals surface area contributed by atoms with Crippen molar-refractivity contribution >= 4 is 15.9 Å². The summed E-state index contributed by atoms with van der Waals surface area (Å²) in [7, 11) is 0. The van der Waals surface area contributed by atoms with E-state index in [2.05, 4.69) is 22.0 Å². The van der Waals surface area contributed by atoms with Gasteiger partial charge in [-0.15, -0.1) is 0 Å². The van der Waals surface area contributed by atoms with Gasteiger partial charge >= 0.3 is 0 Å². The maximum Gasteiger partial charge on any atom is 0.133 e. The highest BCUT2D eigenvalue weighted by molar-refractivity contribution is 9.10. The third kappa shape index (κ3) is 4.35. The minimum absolute atomic E-state index is 0.610. The summed E-state index contributed by atoms with van der Waals surface area (Å²) < 4.78 is 6.57. The van der Waals surface area contributed by atoms with E-state index in [-0.39, 0.29) is 0 Å². The Balaban J connectivity index is 2.35. The van der Waals surface area contributed by atoms with Crippen LogP contribution in [0.15, 0.2) is 22.7 Å². The molecule has 1 rings (SSSR count). The molecule has 80 valence electrons. The van der Waals surface area contributed by atoms with Crippen LogP contribution in [0.1, 0.15) is 24.8 Å². The van der Waals surface area contributed by atoms with Crippen molar-refractivity contribution in [2.45, 2.75) is 26.2 Å². The number of nitrogens with zero attached hydrogens (tertiary/aromatic N) is 1. The summed E-state index contributed by atoms with van der Waals surface area (Å²) in [5.74, 6) is 0.873. The van der Waals surface area contributed by atoms with Crippen LogP contribution in [0.3, 0.4) is 0 Å². The summed E-state index contributed by atoms with van der Waals surface area (Å²) in [6.45, 7) is 2.71. The van der Waals surface area contributed by atoms with Gasteiger partial charge in [0.05, 0.1) is 17.1 Å². The molecule has 0 fully saturated rings. The minimum Gasteiger partial charge on any atom is -0.492 e. The molecule has 0 spiro atoms. The standard InChI is InChI=1S/C12H14BrNO/c1-10-5-6-12(11(13)9-10)15-8-4-2-3-7-14/h5-6,9H,2-4,8H2,1H3. The van der Waals surface area contributed by atoms with E-state index in [4.69, 9.17) is 10.00 Å². The average Bonchev–Trinajstić information content (AvgIpc) is 2.20. The van der Waals surface area contributed by atoms with E-state index < -0.39 is 0 Å². The SMILES string of the molecule is Cc1ccc(OCCCCC#N)c(Br)c1. The Labute approximate surface area is 99.0 Å². The van der Waals surface area contributed by atoms with Gasteiger partial charge in [-0.2, -0.15) is 5.26 Å². The highest BCUT2D eigenvalue weighted by Crippen LogP contribution is 2.25. The normalized spacial score (nSPS) is 9.67. The number of hydrogen-bond donors (Lipinski definition) is 0. The molecule has 0 aromatic heterocycles. The van der Waals surface area contributed by atoms with Gasteiger partial charge in [-0.3, -0.25) is 0 Å². The number of benzene rings is 1. The topological polar surface area (TPSA) is 33.0 Å². The third-order valence-corrected chi connectivity index (χ3v) is 2.65. The molecule has 0 saturated heterocycles. The van der Waals surface area contributed by atoms with Gasteiger partial charge in [0.15, 0.2) is 0 Å². The van der Waals surface area contributed by atoms with Gasteiger partial charge < -0.3 is 4.74 Å². The highest BCUT2D eigenvalue weighted by Gasteiger charge is 2.00. The Hall–Kier alpha value is -1.01. The number of unbranched alkanes of at least 4 members (excludes halogenated alkanes) is 2. The fraction of sp³-hybridized carbons (Fsp3) is 0.417. The van der Waals surface area contributed by atoms with Gasteiger partial charge in [-0.1, -0.05) is 6.07 Å². The van der Waals surface area contributed by atoms with Crippen LogP contribution < -0.4 is 4.74 Å². The van der Waals surface area contributed by atoms with Gasteiger partial charge in [0.2, 0.25) is 0 Å². The van der Waals surface area contributed by atoms with Crippen LogP contribution in [0.5, 0.6) is 5.75 Å². The zero-order chi connectivity index (χ0) is 11.1. The smallest absolute Gasteiger partial charge is 0.133 e. The summed E-state index contributed by atoms with van der Waals surface area (Å²) in [5.41, 5.74) is 1.21. The first-order valence-corrected chi connectivity index (χ1v) is 5.79. The molecule has 0 heterocycles. The zero-order valence-electron chi connectivity index (χ0n) is 8.79. The minimum atomic E-state index is 0.610. The van der Waals surface area contributed by atoms with Crippen molar-refractivity contribution in [1.29, 1.82) is 5.26 Å². The number of hydrogen-bond acceptors (Lipinski definition) is 2. The quantitative estimate of drug-likeness (QED) is 0.760. The first kappa shape index (κ1) is 12.1. The molecule has 0 atom stereocenters. The number of ether oxygens (including phenoxy) is 1. The zero-order valence-corrected chi connectivity index (χ0v) is 10.4. The lowest BCUT2D eigenvalue weighted by molar-refractivity contribution is 0.305. The summed E-state index contributed by atoms with van der Waals surface area (Å²) in [6, 6.07) is 8.14. The molecule has 1 aromatic rings. The summed E-state index contributed by atoms with van der Waals surface area (Å²) in [6.07, 6.45) is 2.44. The first-order chi connectivity index (χ1) is 7.24. The van der Waals surface area contributed by atoms with E-state index >= 15 is 0 Å². The molecular weight excluding hydrogens is 254 g/mol. The molecule has 0 aliphatic rings. The van der Waals surface area contributed by atoms with Crippen LogP contribution in [-0.2, 0) is 0 Å². The van der Waals surface area contributed by atoms with Gasteiger partial charge in [0, 0.05) is 6.42 Å². The van der Waals surface area contributed by atoms with Crippen LogP contribution >= 0.6 is 15.9 Å². The second-order valence-electron chi connectivity index (χ2n) is 3.40. The van der Waals surface area contributed by atoms with E-state index in [0.29, 0.717) is 13.0 Å². The van der Waals surface area contributed by atoms with E-state index in [0.717, 1.165) is 23.1 Å². The Morgan fingerprint density at radius 3 is 2.87 bits per heavy atom. The van der Waals surface area contributed by atoms with Crippen molar-refractivity contribution < 1.29 is 4.74 Å².